The summed E-state index contributed by atoms with van der Waals surface area (Å²) in [6, 6.07) is 12.9. The van der Waals surface area contributed by atoms with E-state index in [-0.39, 0.29) is 0 Å². The number of fused-ring (bicyclic) bond motifs is 2. The quantitative estimate of drug-likeness (QED) is 0.673. The minimum absolute atomic E-state index is 0.391. The molecule has 0 saturated heterocycles. The van der Waals surface area contributed by atoms with Crippen molar-refractivity contribution in [2.45, 2.75) is 26.2 Å². The van der Waals surface area contributed by atoms with Crippen molar-refractivity contribution in [2.24, 2.45) is 5.92 Å². The van der Waals surface area contributed by atoms with Crippen LogP contribution in [0.2, 0.25) is 0 Å². The molecule has 1 N–H and O–H groups in total. The van der Waals surface area contributed by atoms with Gasteiger partial charge in [-0.1, -0.05) is 25.1 Å². The number of nitrogens with zero attached hydrogens (tertiary/aromatic N) is 1. The van der Waals surface area contributed by atoms with E-state index >= 15 is 0 Å². The first kappa shape index (κ1) is 19.1. The zero-order valence-electron chi connectivity index (χ0n) is 16.1. The largest absolute Gasteiger partial charge is 0.452 e. The molecule has 1 atom stereocenters. The van der Waals surface area contributed by atoms with Crippen molar-refractivity contribution in [1.29, 1.82) is 0 Å². The Morgan fingerprint density at radius 2 is 1.93 bits per heavy atom. The van der Waals surface area contributed by atoms with Crippen LogP contribution >= 0.6 is 0 Å². The number of anilines is 1. The highest BCUT2D eigenvalue weighted by atomic mass is 19.1. The van der Waals surface area contributed by atoms with Crippen LogP contribution in [0.25, 0.3) is 10.9 Å². The van der Waals surface area contributed by atoms with Crippen LogP contribution in [0.1, 0.15) is 35.0 Å². The number of aryl methyl sites for hydroxylation is 1. The minimum atomic E-state index is -0.525. The predicted octanol–water partition coefficient (Wildman–Crippen LogP) is 4.29. The number of pyridine rings is 1. The van der Waals surface area contributed by atoms with E-state index < -0.39 is 24.3 Å². The lowest BCUT2D eigenvalue weighted by atomic mass is 9.84. The van der Waals surface area contributed by atoms with E-state index in [4.69, 9.17) is 9.72 Å². The fourth-order valence-electron chi connectivity index (χ4n) is 3.73. The SMILES string of the molecule is C[C@H]1CCc2nc3ccccc3c(C(=O)OCC(=O)Nc3ccc(F)cc3)c2C1. The summed E-state index contributed by atoms with van der Waals surface area (Å²) in [6.07, 6.45) is 2.62. The highest BCUT2D eigenvalue weighted by Crippen LogP contribution is 2.32. The summed E-state index contributed by atoms with van der Waals surface area (Å²) in [5.41, 5.74) is 3.55. The van der Waals surface area contributed by atoms with Gasteiger partial charge in [-0.2, -0.15) is 0 Å². The first-order valence-electron chi connectivity index (χ1n) is 9.64. The van der Waals surface area contributed by atoms with Gasteiger partial charge in [-0.05, 0) is 61.1 Å². The molecule has 1 heterocycles. The third-order valence-corrected chi connectivity index (χ3v) is 5.17. The molecule has 0 saturated carbocycles. The molecular weight excluding hydrogens is 371 g/mol. The maximum atomic E-state index is 13.0. The highest BCUT2D eigenvalue weighted by Gasteiger charge is 2.26. The van der Waals surface area contributed by atoms with E-state index in [0.29, 0.717) is 17.2 Å². The first-order valence-corrected chi connectivity index (χ1v) is 9.64. The second kappa shape index (κ2) is 7.99. The van der Waals surface area contributed by atoms with Crippen LogP contribution in [0.15, 0.2) is 48.5 Å². The number of rotatable bonds is 4. The number of nitrogens with one attached hydrogen (secondary N) is 1. The predicted molar refractivity (Wildman–Crippen MR) is 108 cm³/mol. The van der Waals surface area contributed by atoms with Gasteiger partial charge in [-0.15, -0.1) is 0 Å². The topological polar surface area (TPSA) is 68.3 Å². The van der Waals surface area contributed by atoms with Crippen LogP contribution in [-0.2, 0) is 22.4 Å². The van der Waals surface area contributed by atoms with Crippen molar-refractivity contribution in [3.05, 3.63) is 71.2 Å². The van der Waals surface area contributed by atoms with Crippen LogP contribution in [0.4, 0.5) is 10.1 Å². The fraction of sp³-hybridized carbons (Fsp3) is 0.261. The van der Waals surface area contributed by atoms with Gasteiger partial charge in [-0.25, -0.2) is 9.18 Å². The van der Waals surface area contributed by atoms with Crippen molar-refractivity contribution in [1.82, 2.24) is 4.98 Å². The Bertz CT molecular complexity index is 1080. The second-order valence-corrected chi connectivity index (χ2v) is 7.41. The van der Waals surface area contributed by atoms with Gasteiger partial charge in [0.25, 0.3) is 5.91 Å². The molecule has 1 amide bonds. The van der Waals surface area contributed by atoms with Gasteiger partial charge in [0.2, 0.25) is 0 Å². The third kappa shape index (κ3) is 4.11. The van der Waals surface area contributed by atoms with Crippen molar-refractivity contribution in [3.8, 4) is 0 Å². The van der Waals surface area contributed by atoms with E-state index in [1.165, 1.54) is 24.3 Å². The Morgan fingerprint density at radius 3 is 2.72 bits per heavy atom. The minimum Gasteiger partial charge on any atom is -0.452 e. The summed E-state index contributed by atoms with van der Waals surface area (Å²) in [6.45, 7) is 1.74. The number of halogens is 1. The van der Waals surface area contributed by atoms with Crippen molar-refractivity contribution < 1.29 is 18.7 Å². The number of carbonyl (C=O) groups is 2. The molecule has 0 fully saturated rings. The number of hydrogen-bond donors (Lipinski definition) is 1. The van der Waals surface area contributed by atoms with Crippen molar-refractivity contribution in [2.75, 3.05) is 11.9 Å². The van der Waals surface area contributed by atoms with Gasteiger partial charge in [-0.3, -0.25) is 9.78 Å². The van der Waals surface area contributed by atoms with Gasteiger partial charge >= 0.3 is 5.97 Å². The molecular formula is C23H21FN2O3. The molecule has 0 spiro atoms. The van der Waals surface area contributed by atoms with Gasteiger partial charge in [0, 0.05) is 16.8 Å². The Morgan fingerprint density at radius 1 is 1.17 bits per heavy atom. The zero-order chi connectivity index (χ0) is 20.4. The standard InChI is InChI=1S/C23H21FN2O3/c1-14-6-11-20-18(12-14)22(17-4-2-3-5-19(17)26-20)23(28)29-13-21(27)25-16-9-7-15(24)8-10-16/h2-5,7-10,14H,6,11-13H2,1H3,(H,25,27)/t14-/m0/s1. The Kier molecular flexibility index (Phi) is 5.25. The molecule has 2 aromatic carbocycles. The number of amides is 1. The molecule has 3 aromatic rings. The zero-order valence-corrected chi connectivity index (χ0v) is 16.1. The molecule has 0 aliphatic heterocycles. The van der Waals surface area contributed by atoms with E-state index in [0.717, 1.165) is 41.4 Å². The molecule has 0 radical (unpaired) electrons. The second-order valence-electron chi connectivity index (χ2n) is 7.41. The third-order valence-electron chi connectivity index (χ3n) is 5.17. The number of benzene rings is 2. The van der Waals surface area contributed by atoms with Crippen LogP contribution < -0.4 is 5.32 Å². The maximum Gasteiger partial charge on any atom is 0.339 e. The Balaban J connectivity index is 1.55. The molecule has 1 aliphatic rings. The maximum absolute atomic E-state index is 13.0. The summed E-state index contributed by atoms with van der Waals surface area (Å²) >= 11 is 0. The molecule has 29 heavy (non-hydrogen) atoms. The average molecular weight is 392 g/mol. The van der Waals surface area contributed by atoms with Crippen LogP contribution in [-0.4, -0.2) is 23.5 Å². The molecule has 0 bridgehead atoms. The monoisotopic (exact) mass is 392 g/mol. The molecule has 6 heteroatoms. The molecule has 4 rings (SSSR count). The molecule has 5 nitrogen and oxygen atoms in total. The summed E-state index contributed by atoms with van der Waals surface area (Å²) in [5, 5.41) is 3.33. The van der Waals surface area contributed by atoms with Gasteiger partial charge < -0.3 is 10.1 Å². The van der Waals surface area contributed by atoms with Crippen molar-refractivity contribution in [3.63, 3.8) is 0 Å². The lowest BCUT2D eigenvalue weighted by molar-refractivity contribution is -0.119. The van der Waals surface area contributed by atoms with Gasteiger partial charge in [0.1, 0.15) is 5.82 Å². The molecule has 148 valence electrons. The number of carbonyl (C=O) groups excluding carboxylic acids is 2. The number of hydrogen-bond acceptors (Lipinski definition) is 4. The van der Waals surface area contributed by atoms with E-state index in [9.17, 15) is 14.0 Å². The average Bonchev–Trinajstić information content (AvgIpc) is 2.72. The normalized spacial score (nSPS) is 15.6. The Labute approximate surface area is 167 Å². The lowest BCUT2D eigenvalue weighted by Gasteiger charge is -2.24. The summed E-state index contributed by atoms with van der Waals surface area (Å²) in [5.74, 6) is -0.939. The van der Waals surface area contributed by atoms with Crippen LogP contribution in [0.3, 0.4) is 0 Å². The Hall–Kier alpha value is -3.28. The molecule has 1 aromatic heterocycles. The fourth-order valence-corrected chi connectivity index (χ4v) is 3.73. The number of aromatic nitrogens is 1. The molecule has 0 unspecified atom stereocenters. The van der Waals surface area contributed by atoms with Crippen LogP contribution in [0.5, 0.6) is 0 Å². The summed E-state index contributed by atoms with van der Waals surface area (Å²) < 4.78 is 18.3. The first-order chi connectivity index (χ1) is 14.0. The summed E-state index contributed by atoms with van der Waals surface area (Å²) in [7, 11) is 0. The van der Waals surface area contributed by atoms with E-state index in [1.807, 2.05) is 24.3 Å². The van der Waals surface area contributed by atoms with Crippen molar-refractivity contribution >= 4 is 28.5 Å². The number of para-hydroxylation sites is 1. The highest BCUT2D eigenvalue weighted by molar-refractivity contribution is 6.06. The smallest absolute Gasteiger partial charge is 0.339 e. The lowest BCUT2D eigenvalue weighted by Crippen LogP contribution is -2.23. The van der Waals surface area contributed by atoms with E-state index in [1.54, 1.807) is 0 Å². The van der Waals surface area contributed by atoms with Gasteiger partial charge in [0.15, 0.2) is 6.61 Å². The number of esters is 1. The summed E-state index contributed by atoms with van der Waals surface area (Å²) in [4.78, 5) is 29.8. The van der Waals surface area contributed by atoms with Gasteiger partial charge in [0.05, 0.1) is 11.1 Å². The van der Waals surface area contributed by atoms with Crippen LogP contribution in [0, 0.1) is 11.7 Å². The van der Waals surface area contributed by atoms with E-state index in [2.05, 4.69) is 12.2 Å². The number of ether oxygens (including phenoxy) is 1. The molecule has 1 aliphatic carbocycles.